The van der Waals surface area contributed by atoms with Crippen molar-refractivity contribution in [3.8, 4) is 0 Å². The van der Waals surface area contributed by atoms with Crippen LogP contribution >= 0.6 is 31.9 Å². The maximum Gasteiger partial charge on any atom is 0.177 e. The SMILES string of the molecule is CCC.CS(=O)(=O)c1c(Br)cccc1Br. The largest absolute Gasteiger partial charge is 0.224 e. The Balaban J connectivity index is 0.000000583. The van der Waals surface area contributed by atoms with E-state index in [4.69, 9.17) is 0 Å². The standard InChI is InChI=1S/C7H6Br2O2S.C3H8/c1-12(10,11)7-5(8)3-2-4-6(7)9;1-3-2/h2-4H,1H3;3H2,1-2H3. The molecule has 0 saturated heterocycles. The van der Waals surface area contributed by atoms with Gasteiger partial charge in [-0.15, -0.1) is 0 Å². The van der Waals surface area contributed by atoms with Crippen LogP contribution in [-0.4, -0.2) is 14.7 Å². The summed E-state index contributed by atoms with van der Waals surface area (Å²) < 4.78 is 23.6. The lowest BCUT2D eigenvalue weighted by molar-refractivity contribution is 0.601. The fraction of sp³-hybridized carbons (Fsp3) is 0.400. The molecule has 15 heavy (non-hydrogen) atoms. The van der Waals surface area contributed by atoms with Crippen LogP contribution in [0.25, 0.3) is 0 Å². The first-order valence-corrected chi connectivity index (χ1v) is 7.96. The van der Waals surface area contributed by atoms with Crippen LogP contribution in [-0.2, 0) is 9.84 Å². The van der Waals surface area contributed by atoms with Crippen molar-refractivity contribution in [1.82, 2.24) is 0 Å². The van der Waals surface area contributed by atoms with E-state index >= 15 is 0 Å². The van der Waals surface area contributed by atoms with Gasteiger partial charge in [0, 0.05) is 15.2 Å². The second-order valence-electron chi connectivity index (χ2n) is 3.03. The molecule has 0 bridgehead atoms. The van der Waals surface area contributed by atoms with Crippen molar-refractivity contribution in [2.45, 2.75) is 25.2 Å². The lowest BCUT2D eigenvalue weighted by Gasteiger charge is -2.03. The second-order valence-corrected chi connectivity index (χ2v) is 6.69. The molecule has 0 aromatic heterocycles. The first-order chi connectivity index (χ1) is 6.84. The molecule has 5 heteroatoms. The summed E-state index contributed by atoms with van der Waals surface area (Å²) in [5.41, 5.74) is 0. The van der Waals surface area contributed by atoms with Crippen LogP contribution in [0.1, 0.15) is 20.3 Å². The van der Waals surface area contributed by atoms with Gasteiger partial charge in [-0.2, -0.15) is 0 Å². The minimum atomic E-state index is -3.16. The Hall–Kier alpha value is 0.130. The third-order valence-electron chi connectivity index (χ3n) is 1.29. The van der Waals surface area contributed by atoms with Crippen molar-refractivity contribution < 1.29 is 8.42 Å². The van der Waals surface area contributed by atoms with Gasteiger partial charge in [-0.1, -0.05) is 26.3 Å². The number of hydrogen-bond donors (Lipinski definition) is 0. The van der Waals surface area contributed by atoms with Crippen LogP contribution in [0, 0.1) is 0 Å². The zero-order chi connectivity index (χ0) is 12.1. The Morgan fingerprint density at radius 3 is 1.67 bits per heavy atom. The molecule has 0 saturated carbocycles. The minimum Gasteiger partial charge on any atom is -0.224 e. The Labute approximate surface area is 108 Å². The highest BCUT2D eigenvalue weighted by Gasteiger charge is 2.14. The Bertz CT molecular complexity index is 393. The molecular weight excluding hydrogens is 344 g/mol. The van der Waals surface area contributed by atoms with Crippen LogP contribution in [0.2, 0.25) is 0 Å². The first-order valence-electron chi connectivity index (χ1n) is 4.48. The highest BCUT2D eigenvalue weighted by molar-refractivity contribution is 9.11. The van der Waals surface area contributed by atoms with Gasteiger partial charge in [0.25, 0.3) is 0 Å². The normalized spacial score (nSPS) is 10.5. The fourth-order valence-electron chi connectivity index (χ4n) is 0.837. The van der Waals surface area contributed by atoms with Gasteiger partial charge >= 0.3 is 0 Å². The molecule has 0 aliphatic carbocycles. The summed E-state index contributed by atoms with van der Waals surface area (Å²) in [6.07, 6.45) is 2.43. The summed E-state index contributed by atoms with van der Waals surface area (Å²) in [5.74, 6) is 0. The van der Waals surface area contributed by atoms with E-state index in [0.29, 0.717) is 13.8 Å². The van der Waals surface area contributed by atoms with Gasteiger partial charge in [0.1, 0.15) is 0 Å². The van der Waals surface area contributed by atoms with E-state index in [1.165, 1.54) is 12.7 Å². The summed E-state index contributed by atoms with van der Waals surface area (Å²) in [5, 5.41) is 0. The number of sulfone groups is 1. The summed E-state index contributed by atoms with van der Waals surface area (Å²) in [6.45, 7) is 4.25. The Morgan fingerprint density at radius 1 is 1.13 bits per heavy atom. The predicted molar refractivity (Wildman–Crippen MR) is 70.9 cm³/mol. The van der Waals surface area contributed by atoms with Crippen molar-refractivity contribution in [2.24, 2.45) is 0 Å². The summed E-state index contributed by atoms with van der Waals surface area (Å²) in [7, 11) is -3.16. The molecule has 0 amide bonds. The molecule has 86 valence electrons. The molecule has 0 N–H and O–H groups in total. The monoisotopic (exact) mass is 356 g/mol. The quantitative estimate of drug-likeness (QED) is 0.760. The van der Waals surface area contributed by atoms with Crippen LogP contribution < -0.4 is 0 Å². The van der Waals surface area contributed by atoms with E-state index in [2.05, 4.69) is 45.7 Å². The van der Waals surface area contributed by atoms with Crippen LogP contribution in [0.4, 0.5) is 0 Å². The highest BCUT2D eigenvalue weighted by atomic mass is 79.9. The van der Waals surface area contributed by atoms with E-state index in [0.717, 1.165) is 0 Å². The van der Waals surface area contributed by atoms with Gasteiger partial charge in [-0.25, -0.2) is 8.42 Å². The average molecular weight is 358 g/mol. The van der Waals surface area contributed by atoms with Crippen LogP contribution in [0.15, 0.2) is 32.0 Å². The molecule has 0 atom stereocenters. The van der Waals surface area contributed by atoms with Gasteiger partial charge in [0.15, 0.2) is 9.84 Å². The van der Waals surface area contributed by atoms with Crippen molar-refractivity contribution in [1.29, 1.82) is 0 Å². The molecule has 0 unspecified atom stereocenters. The zero-order valence-electron chi connectivity index (χ0n) is 8.92. The van der Waals surface area contributed by atoms with E-state index < -0.39 is 9.84 Å². The van der Waals surface area contributed by atoms with Gasteiger partial charge in [0.2, 0.25) is 0 Å². The highest BCUT2D eigenvalue weighted by Crippen LogP contribution is 2.29. The lowest BCUT2D eigenvalue weighted by atomic mass is 10.4. The maximum absolute atomic E-state index is 11.2. The topological polar surface area (TPSA) is 34.1 Å². The molecule has 1 aromatic carbocycles. The van der Waals surface area contributed by atoms with Crippen molar-refractivity contribution in [3.05, 3.63) is 27.1 Å². The number of hydrogen-bond acceptors (Lipinski definition) is 2. The second kappa shape index (κ2) is 6.66. The molecular formula is C10H14Br2O2S. The Morgan fingerprint density at radius 2 is 1.47 bits per heavy atom. The van der Waals surface area contributed by atoms with Crippen molar-refractivity contribution in [2.75, 3.05) is 6.26 Å². The number of rotatable bonds is 1. The molecule has 0 heterocycles. The van der Waals surface area contributed by atoms with Gasteiger partial charge in [0.05, 0.1) is 4.90 Å². The smallest absolute Gasteiger partial charge is 0.177 e. The molecule has 0 fully saturated rings. The van der Waals surface area contributed by atoms with Crippen LogP contribution in [0.5, 0.6) is 0 Å². The van der Waals surface area contributed by atoms with E-state index in [-0.39, 0.29) is 0 Å². The molecule has 0 spiro atoms. The lowest BCUT2D eigenvalue weighted by Crippen LogP contribution is -1.99. The maximum atomic E-state index is 11.2. The molecule has 0 aliphatic rings. The van der Waals surface area contributed by atoms with E-state index in [9.17, 15) is 8.42 Å². The molecule has 0 aliphatic heterocycles. The first kappa shape index (κ1) is 15.1. The molecule has 0 radical (unpaired) electrons. The molecule has 2 nitrogen and oxygen atoms in total. The van der Waals surface area contributed by atoms with Gasteiger partial charge in [-0.3, -0.25) is 0 Å². The number of halogens is 2. The Kier molecular flexibility index (Phi) is 6.71. The predicted octanol–water partition coefficient (Wildman–Crippen LogP) is 4.03. The third kappa shape index (κ3) is 5.13. The zero-order valence-corrected chi connectivity index (χ0v) is 12.9. The van der Waals surface area contributed by atoms with Crippen molar-refractivity contribution >= 4 is 41.7 Å². The van der Waals surface area contributed by atoms with E-state index in [1.807, 2.05) is 0 Å². The number of benzene rings is 1. The summed E-state index contributed by atoms with van der Waals surface area (Å²) in [6, 6.07) is 5.16. The minimum absolute atomic E-state index is 0.296. The van der Waals surface area contributed by atoms with Crippen LogP contribution in [0.3, 0.4) is 0 Å². The van der Waals surface area contributed by atoms with Gasteiger partial charge in [-0.05, 0) is 44.0 Å². The van der Waals surface area contributed by atoms with Gasteiger partial charge < -0.3 is 0 Å². The van der Waals surface area contributed by atoms with E-state index in [1.54, 1.807) is 18.2 Å². The summed E-state index contributed by atoms with van der Waals surface area (Å²) in [4.78, 5) is 0.296. The average Bonchev–Trinajstić information content (AvgIpc) is 2.02. The molecule has 1 rings (SSSR count). The van der Waals surface area contributed by atoms with Crippen molar-refractivity contribution in [3.63, 3.8) is 0 Å². The summed E-state index contributed by atoms with van der Waals surface area (Å²) >= 11 is 6.35. The fourth-order valence-corrected chi connectivity index (χ4v) is 4.44. The molecule has 1 aromatic rings. The third-order valence-corrected chi connectivity index (χ3v) is 4.32.